The number of fused-ring (bicyclic) bond motifs is 1. The topological polar surface area (TPSA) is 55.1 Å². The molecule has 1 amide bonds. The molecule has 4 heteroatoms. The van der Waals surface area contributed by atoms with E-state index in [-0.39, 0.29) is 5.91 Å². The molecule has 0 saturated heterocycles. The zero-order chi connectivity index (χ0) is 17.1. The summed E-state index contributed by atoms with van der Waals surface area (Å²) in [6, 6.07) is 16.0. The van der Waals surface area contributed by atoms with Crippen LogP contribution in [0.1, 0.15) is 29.9 Å². The Labute approximate surface area is 146 Å². The monoisotopic (exact) mass is 332 g/mol. The molecule has 126 valence electrons. The number of oxazole rings is 1. The van der Waals surface area contributed by atoms with Crippen molar-refractivity contribution in [2.45, 2.75) is 32.1 Å². The van der Waals surface area contributed by atoms with Crippen LogP contribution in [0.15, 0.2) is 59.1 Å². The van der Waals surface area contributed by atoms with Crippen molar-refractivity contribution in [3.63, 3.8) is 0 Å². The highest BCUT2D eigenvalue weighted by Crippen LogP contribution is 2.25. The quantitative estimate of drug-likeness (QED) is 0.753. The first-order chi connectivity index (χ1) is 12.3. The van der Waals surface area contributed by atoms with Gasteiger partial charge in [0.25, 0.3) is 0 Å². The maximum absolute atomic E-state index is 12.2. The number of benzene rings is 2. The third kappa shape index (κ3) is 3.63. The highest BCUT2D eigenvalue weighted by Gasteiger charge is 2.13. The molecule has 3 aromatic rings. The van der Waals surface area contributed by atoms with Crippen molar-refractivity contribution in [2.75, 3.05) is 5.32 Å². The van der Waals surface area contributed by atoms with E-state index in [0.717, 1.165) is 29.9 Å². The number of nitrogens with one attached hydrogen (secondary N) is 1. The summed E-state index contributed by atoms with van der Waals surface area (Å²) in [6.45, 7) is 0. The minimum atomic E-state index is -0.0163. The SMILES string of the molecule is O=C(CCc1ncc(-c2ccccc2)o1)Nc1ccc2c(c1)CCC2. The normalized spacial score (nSPS) is 12.8. The summed E-state index contributed by atoms with van der Waals surface area (Å²) >= 11 is 0. The summed E-state index contributed by atoms with van der Waals surface area (Å²) in [7, 11) is 0. The number of carbonyl (C=O) groups excluding carboxylic acids is 1. The van der Waals surface area contributed by atoms with Gasteiger partial charge in [0.1, 0.15) is 0 Å². The Hall–Kier alpha value is -2.88. The lowest BCUT2D eigenvalue weighted by molar-refractivity contribution is -0.116. The van der Waals surface area contributed by atoms with Crippen LogP contribution in [0.4, 0.5) is 5.69 Å². The molecule has 2 aromatic carbocycles. The van der Waals surface area contributed by atoms with Crippen LogP contribution in [0.5, 0.6) is 0 Å². The van der Waals surface area contributed by atoms with Gasteiger partial charge in [-0.05, 0) is 42.5 Å². The fourth-order valence-corrected chi connectivity index (χ4v) is 3.26. The summed E-state index contributed by atoms with van der Waals surface area (Å²) in [5, 5.41) is 2.97. The summed E-state index contributed by atoms with van der Waals surface area (Å²) in [5.74, 6) is 1.30. The van der Waals surface area contributed by atoms with E-state index in [1.165, 1.54) is 17.5 Å². The predicted octanol–water partition coefficient (Wildman–Crippen LogP) is 4.40. The summed E-state index contributed by atoms with van der Waals surface area (Å²) in [5.41, 5.74) is 4.64. The number of amides is 1. The van der Waals surface area contributed by atoms with Gasteiger partial charge in [0, 0.05) is 24.1 Å². The molecule has 0 saturated carbocycles. The van der Waals surface area contributed by atoms with Crippen LogP contribution < -0.4 is 5.32 Å². The Morgan fingerprint density at radius 3 is 2.80 bits per heavy atom. The molecule has 0 bridgehead atoms. The lowest BCUT2D eigenvalue weighted by Crippen LogP contribution is -2.12. The summed E-state index contributed by atoms with van der Waals surface area (Å²) < 4.78 is 5.74. The van der Waals surface area contributed by atoms with Crippen LogP contribution in [-0.2, 0) is 24.1 Å². The van der Waals surface area contributed by atoms with Crippen LogP contribution in [0.3, 0.4) is 0 Å². The average molecular weight is 332 g/mol. The largest absolute Gasteiger partial charge is 0.441 e. The molecule has 0 aliphatic heterocycles. The second-order valence-electron chi connectivity index (χ2n) is 6.37. The van der Waals surface area contributed by atoms with Crippen molar-refractivity contribution < 1.29 is 9.21 Å². The Balaban J connectivity index is 1.34. The summed E-state index contributed by atoms with van der Waals surface area (Å²) in [4.78, 5) is 16.5. The summed E-state index contributed by atoms with van der Waals surface area (Å²) in [6.07, 6.45) is 6.02. The molecule has 1 aromatic heterocycles. The molecular weight excluding hydrogens is 312 g/mol. The van der Waals surface area contributed by atoms with Crippen molar-refractivity contribution in [3.05, 3.63) is 71.7 Å². The maximum Gasteiger partial charge on any atom is 0.224 e. The minimum absolute atomic E-state index is 0.0163. The van der Waals surface area contributed by atoms with Crippen LogP contribution in [0.25, 0.3) is 11.3 Å². The van der Waals surface area contributed by atoms with Gasteiger partial charge >= 0.3 is 0 Å². The lowest BCUT2D eigenvalue weighted by Gasteiger charge is -2.07. The minimum Gasteiger partial charge on any atom is -0.441 e. The number of aryl methyl sites for hydroxylation is 3. The van der Waals surface area contributed by atoms with E-state index < -0.39 is 0 Å². The number of rotatable bonds is 5. The van der Waals surface area contributed by atoms with Gasteiger partial charge < -0.3 is 9.73 Å². The highest BCUT2D eigenvalue weighted by molar-refractivity contribution is 5.90. The fraction of sp³-hybridized carbons (Fsp3) is 0.238. The van der Waals surface area contributed by atoms with Gasteiger partial charge in [-0.2, -0.15) is 0 Å². The van der Waals surface area contributed by atoms with Crippen LogP contribution in [0, 0.1) is 0 Å². The van der Waals surface area contributed by atoms with Gasteiger partial charge in [-0.15, -0.1) is 0 Å². The van der Waals surface area contributed by atoms with Crippen LogP contribution >= 0.6 is 0 Å². The van der Waals surface area contributed by atoms with E-state index in [4.69, 9.17) is 4.42 Å². The van der Waals surface area contributed by atoms with Gasteiger partial charge in [-0.25, -0.2) is 4.98 Å². The zero-order valence-electron chi connectivity index (χ0n) is 14.0. The molecule has 1 heterocycles. The number of anilines is 1. The number of hydrogen-bond acceptors (Lipinski definition) is 3. The maximum atomic E-state index is 12.2. The molecule has 0 fully saturated rings. The van der Waals surface area contributed by atoms with Crippen LogP contribution in [0.2, 0.25) is 0 Å². The highest BCUT2D eigenvalue weighted by atomic mass is 16.4. The van der Waals surface area contributed by atoms with Crippen molar-refractivity contribution in [1.29, 1.82) is 0 Å². The van der Waals surface area contributed by atoms with E-state index in [0.29, 0.717) is 18.7 Å². The average Bonchev–Trinajstić information content (AvgIpc) is 3.30. The Bertz CT molecular complexity index is 884. The molecule has 4 nitrogen and oxygen atoms in total. The fourth-order valence-electron chi connectivity index (χ4n) is 3.26. The second-order valence-corrected chi connectivity index (χ2v) is 6.37. The number of nitrogens with zero attached hydrogens (tertiary/aromatic N) is 1. The van der Waals surface area contributed by atoms with Gasteiger partial charge in [-0.3, -0.25) is 4.79 Å². The Morgan fingerprint density at radius 1 is 1.08 bits per heavy atom. The lowest BCUT2D eigenvalue weighted by atomic mass is 10.1. The second kappa shape index (κ2) is 6.93. The Morgan fingerprint density at radius 2 is 1.92 bits per heavy atom. The van der Waals surface area contributed by atoms with Gasteiger partial charge in [0.15, 0.2) is 11.7 Å². The predicted molar refractivity (Wildman–Crippen MR) is 97.4 cm³/mol. The molecule has 0 radical (unpaired) electrons. The molecule has 4 rings (SSSR count). The van der Waals surface area contributed by atoms with E-state index >= 15 is 0 Å². The van der Waals surface area contributed by atoms with Crippen LogP contribution in [-0.4, -0.2) is 10.9 Å². The van der Waals surface area contributed by atoms with Crippen molar-refractivity contribution in [3.8, 4) is 11.3 Å². The molecule has 1 aliphatic carbocycles. The molecule has 1 N–H and O–H groups in total. The number of hydrogen-bond donors (Lipinski definition) is 1. The molecule has 0 unspecified atom stereocenters. The number of aromatic nitrogens is 1. The Kier molecular flexibility index (Phi) is 4.34. The van der Waals surface area contributed by atoms with Gasteiger partial charge in [0.2, 0.25) is 5.91 Å². The first-order valence-corrected chi connectivity index (χ1v) is 8.70. The first-order valence-electron chi connectivity index (χ1n) is 8.70. The first kappa shape index (κ1) is 15.6. The molecule has 0 atom stereocenters. The number of carbonyl (C=O) groups is 1. The third-order valence-corrected chi connectivity index (χ3v) is 4.56. The molecular formula is C21H20N2O2. The van der Waals surface area contributed by atoms with E-state index in [9.17, 15) is 4.79 Å². The molecule has 25 heavy (non-hydrogen) atoms. The van der Waals surface area contributed by atoms with Gasteiger partial charge in [0.05, 0.1) is 6.20 Å². The smallest absolute Gasteiger partial charge is 0.224 e. The van der Waals surface area contributed by atoms with Crippen molar-refractivity contribution in [2.24, 2.45) is 0 Å². The standard InChI is InChI=1S/C21H20N2O2/c24-20(23-18-10-9-15-7-4-8-17(15)13-18)11-12-21-22-14-19(25-21)16-5-2-1-3-6-16/h1-3,5-6,9-10,13-14H,4,7-8,11-12H2,(H,23,24). The van der Waals surface area contributed by atoms with Crippen molar-refractivity contribution in [1.82, 2.24) is 4.98 Å². The molecule has 0 spiro atoms. The third-order valence-electron chi connectivity index (χ3n) is 4.56. The van der Waals surface area contributed by atoms with Gasteiger partial charge in [-0.1, -0.05) is 36.4 Å². The van der Waals surface area contributed by atoms with Crippen molar-refractivity contribution >= 4 is 11.6 Å². The molecule has 1 aliphatic rings. The zero-order valence-corrected chi connectivity index (χ0v) is 14.0. The van der Waals surface area contributed by atoms with E-state index in [2.05, 4.69) is 22.4 Å². The van der Waals surface area contributed by atoms with E-state index in [1.54, 1.807) is 6.20 Å². The van der Waals surface area contributed by atoms with E-state index in [1.807, 2.05) is 36.4 Å².